The molecular weight excluding hydrogens is 380 g/mol. The number of benzene rings is 2. The van der Waals surface area contributed by atoms with Gasteiger partial charge in [-0.2, -0.15) is 0 Å². The third-order valence-corrected chi connectivity index (χ3v) is 7.89. The second kappa shape index (κ2) is 8.74. The van der Waals surface area contributed by atoms with Crippen LogP contribution in [0.2, 0.25) is 0 Å². The van der Waals surface area contributed by atoms with Gasteiger partial charge in [-0.05, 0) is 75.2 Å². The monoisotopic (exact) mass is 406 g/mol. The fourth-order valence-electron chi connectivity index (χ4n) is 4.15. The van der Waals surface area contributed by atoms with Crippen molar-refractivity contribution < 1.29 is 8.42 Å². The molecule has 6 heteroatoms. The lowest BCUT2D eigenvalue weighted by atomic mass is 9.79. The fraction of sp³-hybridized carbons (Fsp3) is 0.429. The summed E-state index contributed by atoms with van der Waals surface area (Å²) < 4.78 is 26.6. The van der Waals surface area contributed by atoms with E-state index >= 15 is 0 Å². The lowest BCUT2D eigenvalue weighted by Gasteiger charge is -2.38. The average molecular weight is 407 g/mol. The molecule has 1 aliphatic rings. The third kappa shape index (κ3) is 4.54. The van der Waals surface area contributed by atoms with Crippen LogP contribution in [-0.2, 0) is 10.0 Å². The first-order chi connectivity index (χ1) is 12.9. The molecule has 2 aromatic carbocycles. The van der Waals surface area contributed by atoms with Crippen molar-refractivity contribution in [2.75, 3.05) is 14.1 Å². The molecule has 1 atom stereocenters. The number of sulfonamides is 1. The van der Waals surface area contributed by atoms with E-state index in [2.05, 4.69) is 43.3 Å². The minimum absolute atomic E-state index is 0.160. The van der Waals surface area contributed by atoms with Crippen LogP contribution in [0.5, 0.6) is 0 Å². The van der Waals surface area contributed by atoms with Crippen LogP contribution in [0.1, 0.15) is 37.3 Å². The molecule has 0 bridgehead atoms. The van der Waals surface area contributed by atoms with Gasteiger partial charge >= 0.3 is 0 Å². The zero-order chi connectivity index (χ0) is 19.4. The van der Waals surface area contributed by atoms with E-state index in [-0.39, 0.29) is 10.9 Å². The van der Waals surface area contributed by atoms with Gasteiger partial charge in [0.25, 0.3) is 10.0 Å². The molecular formula is C21H27ClN2O2S. The van der Waals surface area contributed by atoms with Gasteiger partial charge in [-0.25, -0.2) is 8.42 Å². The van der Waals surface area contributed by atoms with E-state index in [0.29, 0.717) is 12.0 Å². The number of hydrogen-bond donors (Lipinski definition) is 0. The Morgan fingerprint density at radius 2 is 1.41 bits per heavy atom. The highest BCUT2D eigenvalue weighted by Crippen LogP contribution is 2.40. The predicted molar refractivity (Wildman–Crippen MR) is 110 cm³/mol. The van der Waals surface area contributed by atoms with E-state index in [0.717, 1.165) is 29.5 Å². The largest absolute Gasteiger partial charge is 0.302 e. The average Bonchev–Trinajstić information content (AvgIpc) is 2.69. The van der Waals surface area contributed by atoms with Crippen LogP contribution in [0.3, 0.4) is 0 Å². The zero-order valence-electron chi connectivity index (χ0n) is 15.8. The molecule has 3 rings (SSSR count). The molecule has 1 unspecified atom stereocenters. The lowest BCUT2D eigenvalue weighted by Crippen LogP contribution is -2.38. The SMILES string of the molecule is CN(C)C(c1ccccc1)C1CCC(N(Cl)S(=O)(=O)c2ccccc2)CC1. The van der Waals surface area contributed by atoms with Crippen molar-refractivity contribution in [3.05, 3.63) is 66.2 Å². The van der Waals surface area contributed by atoms with Gasteiger partial charge < -0.3 is 4.90 Å². The normalized spacial score (nSPS) is 22.1. The van der Waals surface area contributed by atoms with Crippen molar-refractivity contribution in [3.8, 4) is 0 Å². The van der Waals surface area contributed by atoms with Crippen molar-refractivity contribution in [3.63, 3.8) is 0 Å². The van der Waals surface area contributed by atoms with E-state index in [1.165, 1.54) is 5.56 Å². The van der Waals surface area contributed by atoms with Crippen LogP contribution in [0.15, 0.2) is 65.6 Å². The van der Waals surface area contributed by atoms with Crippen LogP contribution < -0.4 is 0 Å². The summed E-state index contributed by atoms with van der Waals surface area (Å²) >= 11 is 6.33. The molecule has 0 heterocycles. The standard InChI is InChI=1S/C21H27ClN2O2S/c1-23(2)21(17-9-5-3-6-10-17)18-13-15-19(16-14-18)24(22)27(25,26)20-11-7-4-8-12-20/h3-12,18-19,21H,13-16H2,1-2H3. The van der Waals surface area contributed by atoms with E-state index in [9.17, 15) is 8.42 Å². The first kappa shape index (κ1) is 20.3. The molecule has 1 fully saturated rings. The van der Waals surface area contributed by atoms with Crippen LogP contribution in [0.4, 0.5) is 0 Å². The van der Waals surface area contributed by atoms with Crippen LogP contribution >= 0.6 is 11.8 Å². The van der Waals surface area contributed by atoms with Crippen molar-refractivity contribution >= 4 is 21.8 Å². The molecule has 0 aromatic heterocycles. The minimum atomic E-state index is -3.66. The van der Waals surface area contributed by atoms with Gasteiger partial charge in [0.1, 0.15) is 0 Å². The van der Waals surface area contributed by atoms with E-state index in [4.69, 9.17) is 11.8 Å². The van der Waals surface area contributed by atoms with Gasteiger partial charge in [-0.1, -0.05) is 48.5 Å². The maximum Gasteiger partial charge on any atom is 0.256 e. The lowest BCUT2D eigenvalue weighted by molar-refractivity contribution is 0.151. The summed E-state index contributed by atoms with van der Waals surface area (Å²) in [6.07, 6.45) is 3.46. The Hall–Kier alpha value is -1.40. The number of nitrogens with zero attached hydrogens (tertiary/aromatic N) is 2. The van der Waals surface area contributed by atoms with Crippen molar-refractivity contribution in [1.29, 1.82) is 0 Å². The highest BCUT2D eigenvalue weighted by atomic mass is 35.5. The molecule has 2 aromatic rings. The maximum absolute atomic E-state index is 12.8. The number of hydrogen-bond acceptors (Lipinski definition) is 3. The summed E-state index contributed by atoms with van der Waals surface area (Å²) in [5.41, 5.74) is 1.31. The Morgan fingerprint density at radius 1 is 0.889 bits per heavy atom. The summed E-state index contributed by atoms with van der Waals surface area (Å²) in [4.78, 5) is 2.51. The quantitative estimate of drug-likeness (QED) is 0.653. The van der Waals surface area contributed by atoms with Gasteiger partial charge in [-0.15, -0.1) is 3.82 Å². The van der Waals surface area contributed by atoms with Gasteiger partial charge in [-0.3, -0.25) is 0 Å². The van der Waals surface area contributed by atoms with Gasteiger partial charge in [0.2, 0.25) is 0 Å². The summed E-state index contributed by atoms with van der Waals surface area (Å²) in [6.45, 7) is 0. The van der Waals surface area contributed by atoms with Crippen LogP contribution in [-0.4, -0.2) is 37.3 Å². The van der Waals surface area contributed by atoms with Gasteiger partial charge in [0.05, 0.1) is 4.90 Å². The Balaban J connectivity index is 1.69. The molecule has 0 N–H and O–H groups in total. The molecule has 0 saturated heterocycles. The van der Waals surface area contributed by atoms with Gasteiger partial charge in [0, 0.05) is 12.1 Å². The molecule has 0 aliphatic heterocycles. The zero-order valence-corrected chi connectivity index (χ0v) is 17.4. The summed E-state index contributed by atoms with van der Waals surface area (Å²) in [5, 5.41) is 0. The van der Waals surface area contributed by atoms with Crippen LogP contribution in [0.25, 0.3) is 0 Å². The molecule has 146 valence electrons. The van der Waals surface area contributed by atoms with Crippen molar-refractivity contribution in [2.24, 2.45) is 5.92 Å². The first-order valence-corrected chi connectivity index (χ1v) is 11.2. The molecule has 0 amide bonds. The third-order valence-electron chi connectivity index (χ3n) is 5.44. The molecule has 0 spiro atoms. The van der Waals surface area contributed by atoms with Crippen LogP contribution in [0, 0.1) is 5.92 Å². The summed E-state index contributed by atoms with van der Waals surface area (Å²) in [5.74, 6) is 0.489. The minimum Gasteiger partial charge on any atom is -0.302 e. The highest BCUT2D eigenvalue weighted by Gasteiger charge is 2.36. The second-order valence-electron chi connectivity index (χ2n) is 7.45. The number of rotatable bonds is 6. The number of halogens is 1. The molecule has 27 heavy (non-hydrogen) atoms. The topological polar surface area (TPSA) is 40.6 Å². The molecule has 0 radical (unpaired) electrons. The van der Waals surface area contributed by atoms with E-state index < -0.39 is 10.0 Å². The highest BCUT2D eigenvalue weighted by molar-refractivity contribution is 7.90. The maximum atomic E-state index is 12.8. The van der Waals surface area contributed by atoms with E-state index in [1.54, 1.807) is 30.3 Å². The Bertz CT molecular complexity index is 820. The molecule has 1 saturated carbocycles. The Kier molecular flexibility index (Phi) is 6.58. The summed E-state index contributed by atoms with van der Waals surface area (Å²) in [6, 6.07) is 19.1. The Morgan fingerprint density at radius 3 is 1.93 bits per heavy atom. The van der Waals surface area contributed by atoms with E-state index in [1.807, 2.05) is 6.07 Å². The second-order valence-corrected chi connectivity index (χ2v) is 9.83. The van der Waals surface area contributed by atoms with Crippen molar-refractivity contribution in [1.82, 2.24) is 8.72 Å². The van der Waals surface area contributed by atoms with Gasteiger partial charge in [0.15, 0.2) is 0 Å². The predicted octanol–water partition coefficient (Wildman–Crippen LogP) is 4.69. The van der Waals surface area contributed by atoms with Crippen molar-refractivity contribution in [2.45, 2.75) is 42.7 Å². The smallest absolute Gasteiger partial charge is 0.256 e. The fourth-order valence-corrected chi connectivity index (χ4v) is 5.89. The molecule has 4 nitrogen and oxygen atoms in total. The first-order valence-electron chi connectivity index (χ1n) is 9.38. The molecule has 1 aliphatic carbocycles. The summed E-state index contributed by atoms with van der Waals surface area (Å²) in [7, 11) is 0.561. The Labute approximate surface area is 167 Å².